The fourth-order valence-corrected chi connectivity index (χ4v) is 5.98. The second-order valence-corrected chi connectivity index (χ2v) is 10.7. The van der Waals surface area contributed by atoms with Gasteiger partial charge in [0.05, 0.1) is 53.0 Å². The van der Waals surface area contributed by atoms with Gasteiger partial charge in [-0.3, -0.25) is 15.0 Å². The standard InChI is InChI=1S/C30H35ClN4O7/c1-19-26(29(37)41-3)28(21-8-7-9-22(16-21)35(39)40)27(30(38)42-4)20(2)34(19)18-23(36)17-32-12-14-33(15-13-32)25-11-6-5-10-24(25)31/h5-11,16,23,28,36H,12-15,17-18H2,1-4H3. The van der Waals surface area contributed by atoms with Gasteiger partial charge in [0.1, 0.15) is 0 Å². The molecule has 0 bridgehead atoms. The summed E-state index contributed by atoms with van der Waals surface area (Å²) >= 11 is 6.37. The number of aliphatic hydroxyl groups excluding tert-OH is 1. The number of nitrogens with zero attached hydrogens (tertiary/aromatic N) is 4. The Labute approximate surface area is 249 Å². The molecule has 0 amide bonds. The van der Waals surface area contributed by atoms with E-state index in [2.05, 4.69) is 9.80 Å². The number of allylic oxidation sites excluding steroid dienone is 2. The molecule has 1 atom stereocenters. The first kappa shape index (κ1) is 31.0. The van der Waals surface area contributed by atoms with Gasteiger partial charge < -0.3 is 24.4 Å². The maximum Gasteiger partial charge on any atom is 0.336 e. The van der Waals surface area contributed by atoms with E-state index in [0.717, 1.165) is 31.9 Å². The number of carbonyl (C=O) groups is 2. The van der Waals surface area contributed by atoms with Crippen LogP contribution in [-0.4, -0.2) is 91.4 Å². The van der Waals surface area contributed by atoms with E-state index in [0.29, 0.717) is 28.5 Å². The van der Waals surface area contributed by atoms with E-state index < -0.39 is 28.9 Å². The van der Waals surface area contributed by atoms with E-state index in [4.69, 9.17) is 21.1 Å². The number of esters is 2. The highest BCUT2D eigenvalue weighted by atomic mass is 35.5. The first-order valence-electron chi connectivity index (χ1n) is 13.6. The van der Waals surface area contributed by atoms with Gasteiger partial charge in [-0.25, -0.2) is 9.59 Å². The number of para-hydroxylation sites is 1. The molecule has 1 unspecified atom stereocenters. The number of β-amino-alcohol motifs (C(OH)–C–C–N with tert-alkyl or cyclic N) is 1. The number of non-ortho nitro benzene ring substituents is 1. The molecule has 1 N–H and O–H groups in total. The van der Waals surface area contributed by atoms with Crippen molar-refractivity contribution in [2.75, 3.05) is 58.4 Å². The van der Waals surface area contributed by atoms with Crippen molar-refractivity contribution in [3.8, 4) is 0 Å². The van der Waals surface area contributed by atoms with Crippen molar-refractivity contribution in [3.05, 3.63) is 91.8 Å². The second kappa shape index (κ2) is 13.4. The summed E-state index contributed by atoms with van der Waals surface area (Å²) in [6, 6.07) is 13.5. The van der Waals surface area contributed by atoms with Gasteiger partial charge in [-0.1, -0.05) is 35.9 Å². The van der Waals surface area contributed by atoms with Crippen molar-refractivity contribution in [1.29, 1.82) is 0 Å². The number of carbonyl (C=O) groups excluding carboxylic acids is 2. The number of halogens is 1. The molecule has 0 aromatic heterocycles. The molecule has 0 saturated carbocycles. The molecule has 1 saturated heterocycles. The highest BCUT2D eigenvalue weighted by Gasteiger charge is 2.41. The average molecular weight is 599 g/mol. The summed E-state index contributed by atoms with van der Waals surface area (Å²) in [5, 5.41) is 23.4. The number of nitro groups is 1. The molecule has 2 aliphatic heterocycles. The van der Waals surface area contributed by atoms with E-state index in [9.17, 15) is 24.8 Å². The summed E-state index contributed by atoms with van der Waals surface area (Å²) in [6.07, 6.45) is -0.825. The molecule has 2 heterocycles. The average Bonchev–Trinajstić information content (AvgIpc) is 2.99. The molecule has 0 radical (unpaired) electrons. The zero-order chi connectivity index (χ0) is 30.6. The van der Waals surface area contributed by atoms with E-state index >= 15 is 0 Å². The number of piperazine rings is 1. The van der Waals surface area contributed by atoms with E-state index in [1.165, 1.54) is 32.4 Å². The van der Waals surface area contributed by atoms with Gasteiger partial charge in [0.2, 0.25) is 0 Å². The molecule has 12 heteroatoms. The molecule has 2 aromatic rings. The third kappa shape index (κ3) is 6.43. The van der Waals surface area contributed by atoms with Crippen molar-refractivity contribution in [1.82, 2.24) is 9.80 Å². The van der Waals surface area contributed by atoms with Crippen LogP contribution in [0.25, 0.3) is 0 Å². The smallest absolute Gasteiger partial charge is 0.336 e. The Morgan fingerprint density at radius 3 is 2.12 bits per heavy atom. The maximum absolute atomic E-state index is 13.2. The summed E-state index contributed by atoms with van der Waals surface area (Å²) < 4.78 is 10.2. The molecule has 11 nitrogen and oxygen atoms in total. The Bertz CT molecular complexity index is 1380. The fourth-order valence-electron chi connectivity index (χ4n) is 5.73. The molecule has 224 valence electrons. The SMILES string of the molecule is COC(=O)C1=C(C)N(CC(O)CN2CCN(c3ccccc3Cl)CC2)C(C)=C(C(=O)OC)C1c1cccc([N+](=O)[O-])c1. The second-order valence-electron chi connectivity index (χ2n) is 10.3. The molecule has 0 spiro atoms. The Balaban J connectivity index is 1.59. The monoisotopic (exact) mass is 598 g/mol. The molecule has 2 aliphatic rings. The number of hydrogen-bond donors (Lipinski definition) is 1. The van der Waals surface area contributed by atoms with Crippen molar-refractivity contribution >= 4 is 34.9 Å². The number of rotatable bonds is 9. The Morgan fingerprint density at radius 1 is 0.976 bits per heavy atom. The highest BCUT2D eigenvalue weighted by Crippen LogP contribution is 2.43. The first-order valence-corrected chi connectivity index (χ1v) is 13.9. The van der Waals surface area contributed by atoms with Crippen LogP contribution < -0.4 is 4.90 Å². The number of anilines is 1. The zero-order valence-electron chi connectivity index (χ0n) is 24.1. The summed E-state index contributed by atoms with van der Waals surface area (Å²) in [7, 11) is 2.47. The van der Waals surface area contributed by atoms with Crippen LogP contribution in [0.5, 0.6) is 0 Å². The van der Waals surface area contributed by atoms with Crippen LogP contribution in [0.2, 0.25) is 5.02 Å². The van der Waals surface area contributed by atoms with Crippen LogP contribution in [0.4, 0.5) is 11.4 Å². The highest BCUT2D eigenvalue weighted by molar-refractivity contribution is 6.33. The van der Waals surface area contributed by atoms with Gasteiger partial charge in [0.25, 0.3) is 5.69 Å². The molecular weight excluding hydrogens is 564 g/mol. The Hall–Kier alpha value is -3.93. The molecule has 2 aromatic carbocycles. The van der Waals surface area contributed by atoms with Gasteiger partial charge in [-0.15, -0.1) is 0 Å². The lowest BCUT2D eigenvalue weighted by molar-refractivity contribution is -0.384. The minimum absolute atomic E-state index is 0.102. The van der Waals surface area contributed by atoms with Crippen LogP contribution in [0.1, 0.15) is 25.3 Å². The van der Waals surface area contributed by atoms with Crippen molar-refractivity contribution in [2.45, 2.75) is 25.9 Å². The molecule has 42 heavy (non-hydrogen) atoms. The summed E-state index contributed by atoms with van der Waals surface area (Å²) in [5.74, 6) is -2.34. The first-order chi connectivity index (χ1) is 20.1. The molecule has 0 aliphatic carbocycles. The van der Waals surface area contributed by atoms with Crippen molar-refractivity contribution < 1.29 is 29.1 Å². The number of methoxy groups -OCH3 is 2. The summed E-state index contributed by atoms with van der Waals surface area (Å²) in [5.41, 5.74) is 2.42. The number of benzene rings is 2. The van der Waals surface area contributed by atoms with Crippen LogP contribution >= 0.6 is 11.6 Å². The Kier molecular flexibility index (Phi) is 9.87. The van der Waals surface area contributed by atoms with Gasteiger partial charge in [0, 0.05) is 62.8 Å². The van der Waals surface area contributed by atoms with Crippen LogP contribution in [0, 0.1) is 10.1 Å². The quantitative estimate of drug-likeness (QED) is 0.259. The van der Waals surface area contributed by atoms with E-state index in [-0.39, 0.29) is 23.4 Å². The minimum Gasteiger partial charge on any atom is -0.466 e. The normalized spacial score (nSPS) is 17.4. The Morgan fingerprint density at radius 2 is 1.57 bits per heavy atom. The number of hydrogen-bond acceptors (Lipinski definition) is 10. The third-order valence-corrected chi connectivity index (χ3v) is 8.14. The summed E-state index contributed by atoms with van der Waals surface area (Å²) in [4.78, 5) is 43.4. The maximum atomic E-state index is 13.2. The predicted octanol–water partition coefficient (Wildman–Crippen LogP) is 3.72. The number of nitro benzene ring substituents is 1. The van der Waals surface area contributed by atoms with Gasteiger partial charge in [-0.2, -0.15) is 0 Å². The molecule has 4 rings (SSSR count). The lowest BCUT2D eigenvalue weighted by Gasteiger charge is -2.40. The number of aliphatic hydroxyl groups is 1. The lowest BCUT2D eigenvalue weighted by Crippen LogP contribution is -2.50. The molecule has 1 fully saturated rings. The van der Waals surface area contributed by atoms with E-state index in [1.807, 2.05) is 24.3 Å². The fraction of sp³-hybridized carbons (Fsp3) is 0.400. The molecular formula is C30H35ClN4O7. The van der Waals surface area contributed by atoms with Crippen molar-refractivity contribution in [2.24, 2.45) is 0 Å². The van der Waals surface area contributed by atoms with Crippen LogP contribution in [0.3, 0.4) is 0 Å². The zero-order valence-corrected chi connectivity index (χ0v) is 24.8. The third-order valence-electron chi connectivity index (χ3n) is 7.82. The van der Waals surface area contributed by atoms with E-state index in [1.54, 1.807) is 24.8 Å². The van der Waals surface area contributed by atoms with Crippen molar-refractivity contribution in [3.63, 3.8) is 0 Å². The van der Waals surface area contributed by atoms with Crippen LogP contribution in [0.15, 0.2) is 71.1 Å². The van der Waals surface area contributed by atoms with Gasteiger partial charge in [0.15, 0.2) is 0 Å². The van der Waals surface area contributed by atoms with Crippen LogP contribution in [-0.2, 0) is 19.1 Å². The summed E-state index contributed by atoms with van der Waals surface area (Å²) in [6.45, 7) is 6.85. The minimum atomic E-state index is -0.962. The topological polar surface area (TPSA) is 126 Å². The predicted molar refractivity (Wildman–Crippen MR) is 158 cm³/mol. The van der Waals surface area contributed by atoms with Gasteiger partial charge >= 0.3 is 11.9 Å². The largest absolute Gasteiger partial charge is 0.466 e. The lowest BCUT2D eigenvalue weighted by atomic mass is 9.79. The van der Waals surface area contributed by atoms with Gasteiger partial charge in [-0.05, 0) is 31.5 Å². The number of ether oxygens (including phenoxy) is 2.